The van der Waals surface area contributed by atoms with Crippen molar-refractivity contribution in [1.29, 1.82) is 0 Å². The van der Waals surface area contributed by atoms with E-state index >= 15 is 0 Å². The van der Waals surface area contributed by atoms with Crippen LogP contribution in [0.4, 0.5) is 0 Å². The summed E-state index contributed by atoms with van der Waals surface area (Å²) >= 11 is 12.0. The van der Waals surface area contributed by atoms with Crippen LogP contribution >= 0.6 is 23.2 Å². The van der Waals surface area contributed by atoms with E-state index < -0.39 is 6.10 Å². The Labute approximate surface area is 127 Å². The Morgan fingerprint density at radius 1 is 1.25 bits per heavy atom. The summed E-state index contributed by atoms with van der Waals surface area (Å²) in [5.41, 5.74) is 0.656. The van der Waals surface area contributed by atoms with Gasteiger partial charge in [-0.2, -0.15) is 0 Å². The van der Waals surface area contributed by atoms with Gasteiger partial charge in [0, 0.05) is 0 Å². The summed E-state index contributed by atoms with van der Waals surface area (Å²) in [5, 5.41) is 4.07. The van der Waals surface area contributed by atoms with Crippen molar-refractivity contribution in [2.75, 3.05) is 19.8 Å². The van der Waals surface area contributed by atoms with Crippen molar-refractivity contribution in [1.82, 2.24) is 5.32 Å². The molecule has 1 aliphatic carbocycles. The highest BCUT2D eigenvalue weighted by Crippen LogP contribution is 2.46. The van der Waals surface area contributed by atoms with Crippen LogP contribution in [0.15, 0.2) is 18.2 Å². The summed E-state index contributed by atoms with van der Waals surface area (Å²) in [6.45, 7) is 1.31. The molecule has 1 unspecified atom stereocenters. The molecule has 3 rings (SSSR count). The molecule has 0 bridgehead atoms. The van der Waals surface area contributed by atoms with Gasteiger partial charge in [0.15, 0.2) is 6.10 Å². The van der Waals surface area contributed by atoms with E-state index in [-0.39, 0.29) is 11.4 Å². The third-order valence-corrected chi connectivity index (χ3v) is 4.43. The highest BCUT2D eigenvalue weighted by atomic mass is 35.5. The number of carbonyl (C=O) groups excluding carboxylic acids is 1. The number of benzene rings is 1. The molecule has 20 heavy (non-hydrogen) atoms. The van der Waals surface area contributed by atoms with Crippen molar-refractivity contribution in [3.8, 4) is 0 Å². The van der Waals surface area contributed by atoms with Gasteiger partial charge in [0.05, 0.1) is 35.4 Å². The predicted octanol–water partition coefficient (Wildman–Crippen LogP) is 2.51. The average molecular weight is 316 g/mol. The molecule has 0 spiro atoms. The molecule has 1 aromatic carbocycles. The summed E-state index contributed by atoms with van der Waals surface area (Å²) < 4.78 is 10.7. The Bertz CT molecular complexity index is 525. The number of hydrogen-bond donors (Lipinski definition) is 1. The van der Waals surface area contributed by atoms with Gasteiger partial charge in [-0.3, -0.25) is 4.79 Å². The van der Waals surface area contributed by atoms with Gasteiger partial charge in [0.2, 0.25) is 0 Å². The molecule has 1 saturated heterocycles. The Morgan fingerprint density at radius 2 is 2.05 bits per heavy atom. The number of halogens is 2. The van der Waals surface area contributed by atoms with E-state index in [9.17, 15) is 4.79 Å². The minimum absolute atomic E-state index is 0.131. The Hall–Kier alpha value is -0.810. The standard InChI is InChI=1S/C14H15Cl2NO3/c15-10-2-1-9(7-11(10)16)14(3-4-14)17-13(18)12-8-19-5-6-20-12/h1-2,7,12H,3-6,8H2,(H,17,18). The molecule has 108 valence electrons. The number of carbonyl (C=O) groups is 1. The molecule has 1 aromatic rings. The largest absolute Gasteiger partial charge is 0.376 e. The molecule has 4 nitrogen and oxygen atoms in total. The van der Waals surface area contributed by atoms with Crippen LogP contribution < -0.4 is 5.32 Å². The fourth-order valence-corrected chi connectivity index (χ4v) is 2.66. The van der Waals surface area contributed by atoms with Crippen LogP contribution in [0, 0.1) is 0 Å². The Morgan fingerprint density at radius 3 is 2.65 bits per heavy atom. The number of rotatable bonds is 3. The fourth-order valence-electron chi connectivity index (χ4n) is 2.36. The van der Waals surface area contributed by atoms with Crippen molar-refractivity contribution in [2.45, 2.75) is 24.5 Å². The zero-order valence-corrected chi connectivity index (χ0v) is 12.3. The SMILES string of the molecule is O=C(NC1(c2ccc(Cl)c(Cl)c2)CC1)C1COCCO1. The minimum Gasteiger partial charge on any atom is -0.376 e. The van der Waals surface area contributed by atoms with Gasteiger partial charge in [0.25, 0.3) is 5.91 Å². The van der Waals surface area contributed by atoms with E-state index in [1.54, 1.807) is 6.07 Å². The lowest BCUT2D eigenvalue weighted by atomic mass is 10.0. The molecule has 0 aromatic heterocycles. The van der Waals surface area contributed by atoms with Gasteiger partial charge in [0.1, 0.15) is 0 Å². The molecular weight excluding hydrogens is 301 g/mol. The highest BCUT2D eigenvalue weighted by Gasteiger charge is 2.47. The summed E-state index contributed by atoms with van der Waals surface area (Å²) in [6, 6.07) is 5.47. The second kappa shape index (κ2) is 5.53. The van der Waals surface area contributed by atoms with Crippen LogP contribution in [0.1, 0.15) is 18.4 Å². The van der Waals surface area contributed by atoms with Crippen LogP contribution in [-0.4, -0.2) is 31.8 Å². The zero-order chi connectivity index (χ0) is 14.2. The van der Waals surface area contributed by atoms with Crippen molar-refractivity contribution in [3.05, 3.63) is 33.8 Å². The maximum atomic E-state index is 12.2. The number of ether oxygens (including phenoxy) is 2. The van der Waals surface area contributed by atoms with Gasteiger partial charge in [-0.05, 0) is 30.5 Å². The third kappa shape index (κ3) is 2.79. The minimum atomic E-state index is -0.524. The molecule has 1 N–H and O–H groups in total. The van der Waals surface area contributed by atoms with Crippen molar-refractivity contribution >= 4 is 29.1 Å². The number of nitrogens with one attached hydrogen (secondary N) is 1. The van der Waals surface area contributed by atoms with E-state index in [4.69, 9.17) is 32.7 Å². The van der Waals surface area contributed by atoms with Crippen molar-refractivity contribution in [2.24, 2.45) is 0 Å². The molecule has 1 atom stereocenters. The topological polar surface area (TPSA) is 47.6 Å². The molecule has 1 saturated carbocycles. The quantitative estimate of drug-likeness (QED) is 0.932. The van der Waals surface area contributed by atoms with E-state index in [0.717, 1.165) is 18.4 Å². The Balaban J connectivity index is 1.72. The smallest absolute Gasteiger partial charge is 0.252 e. The van der Waals surface area contributed by atoms with Crippen LogP contribution in [-0.2, 0) is 19.8 Å². The van der Waals surface area contributed by atoms with E-state index in [0.29, 0.717) is 29.9 Å². The first-order chi connectivity index (χ1) is 9.61. The van der Waals surface area contributed by atoms with Crippen LogP contribution in [0.25, 0.3) is 0 Å². The lowest BCUT2D eigenvalue weighted by Crippen LogP contribution is -2.46. The average Bonchev–Trinajstić information content (AvgIpc) is 3.23. The second-order valence-corrected chi connectivity index (χ2v) is 5.95. The second-order valence-electron chi connectivity index (χ2n) is 5.13. The monoisotopic (exact) mass is 315 g/mol. The van der Waals surface area contributed by atoms with Crippen LogP contribution in [0.2, 0.25) is 10.0 Å². The van der Waals surface area contributed by atoms with E-state index in [1.807, 2.05) is 12.1 Å². The molecule has 1 heterocycles. The first kappa shape index (κ1) is 14.1. The van der Waals surface area contributed by atoms with Gasteiger partial charge in [-0.25, -0.2) is 0 Å². The lowest BCUT2D eigenvalue weighted by molar-refractivity contribution is -0.148. The molecule has 2 aliphatic rings. The fraction of sp³-hybridized carbons (Fsp3) is 0.500. The zero-order valence-electron chi connectivity index (χ0n) is 10.8. The first-order valence-electron chi connectivity index (χ1n) is 6.58. The van der Waals surface area contributed by atoms with Crippen molar-refractivity contribution < 1.29 is 14.3 Å². The van der Waals surface area contributed by atoms with Gasteiger partial charge < -0.3 is 14.8 Å². The highest BCUT2D eigenvalue weighted by molar-refractivity contribution is 6.42. The molecular formula is C14H15Cl2NO3. The first-order valence-corrected chi connectivity index (χ1v) is 7.33. The molecule has 6 heteroatoms. The molecule has 2 fully saturated rings. The molecule has 1 aliphatic heterocycles. The van der Waals surface area contributed by atoms with Crippen molar-refractivity contribution in [3.63, 3.8) is 0 Å². The van der Waals surface area contributed by atoms with Gasteiger partial charge in [-0.1, -0.05) is 29.3 Å². The van der Waals surface area contributed by atoms with E-state index in [2.05, 4.69) is 5.32 Å². The molecule has 1 amide bonds. The predicted molar refractivity (Wildman–Crippen MR) is 76.1 cm³/mol. The normalized spacial score (nSPS) is 24.2. The number of hydrogen-bond acceptors (Lipinski definition) is 3. The summed E-state index contributed by atoms with van der Waals surface area (Å²) in [4.78, 5) is 12.2. The lowest BCUT2D eigenvalue weighted by Gasteiger charge is -2.25. The Kier molecular flexibility index (Phi) is 3.91. The summed E-state index contributed by atoms with van der Waals surface area (Å²) in [7, 11) is 0. The van der Waals surface area contributed by atoms with Gasteiger partial charge >= 0.3 is 0 Å². The maximum Gasteiger partial charge on any atom is 0.252 e. The van der Waals surface area contributed by atoms with Crippen LogP contribution in [0.3, 0.4) is 0 Å². The van der Waals surface area contributed by atoms with Crippen LogP contribution in [0.5, 0.6) is 0 Å². The van der Waals surface area contributed by atoms with Gasteiger partial charge in [-0.15, -0.1) is 0 Å². The number of amides is 1. The summed E-state index contributed by atoms with van der Waals surface area (Å²) in [6.07, 6.45) is 1.26. The maximum absolute atomic E-state index is 12.2. The summed E-state index contributed by atoms with van der Waals surface area (Å²) in [5.74, 6) is -0.131. The van der Waals surface area contributed by atoms with E-state index in [1.165, 1.54) is 0 Å². The third-order valence-electron chi connectivity index (χ3n) is 3.69. The molecule has 0 radical (unpaired) electrons.